The Morgan fingerprint density at radius 1 is 1.31 bits per heavy atom. The summed E-state index contributed by atoms with van der Waals surface area (Å²) in [6.07, 6.45) is 4.65. The highest BCUT2D eigenvalue weighted by atomic mass is 16.4. The molecule has 0 radical (unpaired) electrons. The zero-order valence-electron chi connectivity index (χ0n) is 6.75. The summed E-state index contributed by atoms with van der Waals surface area (Å²) in [5, 5.41) is 11.2. The second-order valence-corrected chi connectivity index (χ2v) is 2.55. The Kier molecular flexibility index (Phi) is 1.88. The quantitative estimate of drug-likeness (QED) is 0.403. The molecule has 4 heteroatoms. The minimum Gasteiger partial charge on any atom is -0.411 e. The van der Waals surface area contributed by atoms with Crippen LogP contribution in [0.15, 0.2) is 35.7 Å². The second kappa shape index (κ2) is 3.18. The Morgan fingerprint density at radius 3 is 3.08 bits per heavy atom. The van der Waals surface area contributed by atoms with Gasteiger partial charge in [0.2, 0.25) is 0 Å². The molecule has 0 aliphatic heterocycles. The highest BCUT2D eigenvalue weighted by molar-refractivity contribution is 5.85. The Morgan fingerprint density at radius 2 is 2.23 bits per heavy atom. The molecule has 0 atom stereocenters. The fourth-order valence-electron chi connectivity index (χ4n) is 1.11. The van der Waals surface area contributed by atoms with Crippen LogP contribution in [0.1, 0.15) is 5.56 Å². The van der Waals surface area contributed by atoms with Gasteiger partial charge in [-0.1, -0.05) is 5.16 Å². The van der Waals surface area contributed by atoms with E-state index in [0.717, 1.165) is 16.6 Å². The highest BCUT2D eigenvalue weighted by Gasteiger charge is 1.95. The van der Waals surface area contributed by atoms with Crippen LogP contribution in [0.4, 0.5) is 0 Å². The van der Waals surface area contributed by atoms with E-state index in [1.54, 1.807) is 12.4 Å². The summed E-state index contributed by atoms with van der Waals surface area (Å²) >= 11 is 0. The molecule has 0 saturated carbocycles. The molecule has 2 aromatic rings. The van der Waals surface area contributed by atoms with Crippen LogP contribution in [0.2, 0.25) is 0 Å². The van der Waals surface area contributed by atoms with Crippen LogP contribution in [0.5, 0.6) is 0 Å². The fourth-order valence-corrected chi connectivity index (χ4v) is 1.11. The van der Waals surface area contributed by atoms with Gasteiger partial charge in [-0.05, 0) is 18.2 Å². The lowest BCUT2D eigenvalue weighted by atomic mass is 10.2. The first-order chi connectivity index (χ1) is 6.40. The topological polar surface area (TPSA) is 58.4 Å². The van der Waals surface area contributed by atoms with E-state index in [1.807, 2.05) is 18.2 Å². The van der Waals surface area contributed by atoms with Crippen molar-refractivity contribution in [3.8, 4) is 0 Å². The van der Waals surface area contributed by atoms with Crippen LogP contribution in [-0.4, -0.2) is 21.4 Å². The first kappa shape index (κ1) is 7.67. The Balaban J connectivity index is 2.62. The minimum atomic E-state index is 0.730. The van der Waals surface area contributed by atoms with Crippen molar-refractivity contribution in [2.45, 2.75) is 0 Å². The van der Waals surface area contributed by atoms with E-state index in [0.29, 0.717) is 0 Å². The number of pyridine rings is 2. The van der Waals surface area contributed by atoms with Gasteiger partial charge in [0.05, 0.1) is 17.2 Å². The van der Waals surface area contributed by atoms with Crippen molar-refractivity contribution in [1.82, 2.24) is 9.97 Å². The predicted octanol–water partition coefficient (Wildman–Crippen LogP) is 1.44. The van der Waals surface area contributed by atoms with Crippen molar-refractivity contribution in [1.29, 1.82) is 0 Å². The molecular weight excluding hydrogens is 166 g/mol. The Labute approximate surface area is 74.6 Å². The summed E-state index contributed by atoms with van der Waals surface area (Å²) in [7, 11) is 0. The summed E-state index contributed by atoms with van der Waals surface area (Å²) < 4.78 is 0. The molecule has 0 fully saturated rings. The van der Waals surface area contributed by atoms with E-state index < -0.39 is 0 Å². The molecule has 64 valence electrons. The molecule has 2 aromatic heterocycles. The SMILES string of the molecule is O/N=C\c1cnc2cccnc2c1. The lowest BCUT2D eigenvalue weighted by Gasteiger charge is -1.95. The molecule has 0 aliphatic rings. The van der Waals surface area contributed by atoms with Gasteiger partial charge in [0.25, 0.3) is 0 Å². The molecule has 4 nitrogen and oxygen atoms in total. The van der Waals surface area contributed by atoms with Crippen LogP contribution in [0.25, 0.3) is 11.0 Å². The van der Waals surface area contributed by atoms with Gasteiger partial charge in [-0.2, -0.15) is 0 Å². The molecule has 0 amide bonds. The van der Waals surface area contributed by atoms with Gasteiger partial charge in [-0.25, -0.2) is 0 Å². The van der Waals surface area contributed by atoms with Crippen molar-refractivity contribution in [3.63, 3.8) is 0 Å². The zero-order valence-corrected chi connectivity index (χ0v) is 6.75. The number of hydrogen-bond acceptors (Lipinski definition) is 4. The molecule has 0 bridgehead atoms. The molecular formula is C9H7N3O. The van der Waals surface area contributed by atoms with Crippen molar-refractivity contribution in [2.75, 3.05) is 0 Å². The van der Waals surface area contributed by atoms with E-state index in [9.17, 15) is 0 Å². The lowest BCUT2D eigenvalue weighted by Crippen LogP contribution is -1.86. The van der Waals surface area contributed by atoms with Crippen molar-refractivity contribution in [2.24, 2.45) is 5.16 Å². The van der Waals surface area contributed by atoms with E-state index in [1.165, 1.54) is 6.21 Å². The largest absolute Gasteiger partial charge is 0.411 e. The van der Waals surface area contributed by atoms with Crippen LogP contribution >= 0.6 is 0 Å². The molecule has 2 rings (SSSR count). The molecule has 0 unspecified atom stereocenters. The first-order valence-corrected chi connectivity index (χ1v) is 3.78. The van der Waals surface area contributed by atoms with Gasteiger partial charge < -0.3 is 5.21 Å². The number of oxime groups is 1. The summed E-state index contributed by atoms with van der Waals surface area (Å²) in [6.45, 7) is 0. The molecule has 0 spiro atoms. The molecule has 0 saturated heterocycles. The van der Waals surface area contributed by atoms with E-state index in [4.69, 9.17) is 5.21 Å². The van der Waals surface area contributed by atoms with Crippen molar-refractivity contribution in [3.05, 3.63) is 36.2 Å². The predicted molar refractivity (Wildman–Crippen MR) is 48.9 cm³/mol. The van der Waals surface area contributed by atoms with Gasteiger partial charge in [0, 0.05) is 18.0 Å². The van der Waals surface area contributed by atoms with Crippen LogP contribution in [0.3, 0.4) is 0 Å². The summed E-state index contributed by atoms with van der Waals surface area (Å²) in [5.74, 6) is 0. The normalized spacial score (nSPS) is 11.1. The highest BCUT2D eigenvalue weighted by Crippen LogP contribution is 2.08. The third-order valence-electron chi connectivity index (χ3n) is 1.68. The third kappa shape index (κ3) is 1.46. The maximum atomic E-state index is 8.31. The number of hydrogen-bond donors (Lipinski definition) is 1. The maximum absolute atomic E-state index is 8.31. The van der Waals surface area contributed by atoms with Crippen molar-refractivity contribution < 1.29 is 5.21 Å². The Bertz CT molecular complexity index is 453. The minimum absolute atomic E-state index is 0.730. The second-order valence-electron chi connectivity index (χ2n) is 2.55. The van der Waals surface area contributed by atoms with Gasteiger partial charge in [-0.3, -0.25) is 9.97 Å². The number of fused-ring (bicyclic) bond motifs is 1. The number of rotatable bonds is 1. The standard InChI is InChI=1S/C9H7N3O/c13-12-6-7-4-9-8(11-5-7)2-1-3-10-9/h1-6,13H/b12-6-. The number of aromatic nitrogens is 2. The van der Waals surface area contributed by atoms with Crippen LogP contribution < -0.4 is 0 Å². The Hall–Kier alpha value is -1.97. The van der Waals surface area contributed by atoms with Gasteiger partial charge in [-0.15, -0.1) is 0 Å². The van der Waals surface area contributed by atoms with Gasteiger partial charge in [0.1, 0.15) is 0 Å². The van der Waals surface area contributed by atoms with E-state index in [2.05, 4.69) is 15.1 Å². The summed E-state index contributed by atoms with van der Waals surface area (Å²) in [6, 6.07) is 5.51. The third-order valence-corrected chi connectivity index (χ3v) is 1.68. The smallest absolute Gasteiger partial charge is 0.0893 e. The van der Waals surface area contributed by atoms with Crippen LogP contribution in [0, 0.1) is 0 Å². The first-order valence-electron chi connectivity index (χ1n) is 3.78. The average Bonchev–Trinajstić information content (AvgIpc) is 2.18. The summed E-state index contributed by atoms with van der Waals surface area (Å²) in [4.78, 5) is 8.25. The van der Waals surface area contributed by atoms with Gasteiger partial charge in [0.15, 0.2) is 0 Å². The molecule has 1 N–H and O–H groups in total. The monoisotopic (exact) mass is 173 g/mol. The van der Waals surface area contributed by atoms with Gasteiger partial charge >= 0.3 is 0 Å². The average molecular weight is 173 g/mol. The van der Waals surface area contributed by atoms with Crippen LogP contribution in [-0.2, 0) is 0 Å². The fraction of sp³-hybridized carbons (Fsp3) is 0. The van der Waals surface area contributed by atoms with Crippen molar-refractivity contribution >= 4 is 17.2 Å². The summed E-state index contributed by atoms with van der Waals surface area (Å²) in [5.41, 5.74) is 2.35. The number of nitrogens with zero attached hydrogens (tertiary/aromatic N) is 3. The molecule has 13 heavy (non-hydrogen) atoms. The molecule has 2 heterocycles. The van der Waals surface area contributed by atoms with E-state index >= 15 is 0 Å². The molecule has 0 aromatic carbocycles. The maximum Gasteiger partial charge on any atom is 0.0893 e. The molecule has 0 aliphatic carbocycles. The van der Waals surface area contributed by atoms with E-state index in [-0.39, 0.29) is 0 Å². The zero-order chi connectivity index (χ0) is 9.10. The lowest BCUT2D eigenvalue weighted by molar-refractivity contribution is 0.322.